The molecule has 0 saturated carbocycles. The average molecular weight is 253 g/mol. The Balaban J connectivity index is 1.74. The van der Waals surface area contributed by atoms with Gasteiger partial charge in [-0.15, -0.1) is 0 Å². The first kappa shape index (κ1) is 11.7. The number of anilines is 1. The minimum absolute atomic E-state index is 0.547. The predicted octanol–water partition coefficient (Wildman–Crippen LogP) is 3.40. The number of nitrogens with one attached hydrogen (secondary N) is 1. The van der Waals surface area contributed by atoms with Gasteiger partial charge in [-0.1, -0.05) is 42.4 Å². The Bertz CT molecular complexity index is 690. The van der Waals surface area contributed by atoms with Crippen LogP contribution in [0.3, 0.4) is 0 Å². The van der Waals surface area contributed by atoms with Crippen LogP contribution in [0.2, 0.25) is 0 Å². The van der Waals surface area contributed by atoms with E-state index in [1.165, 1.54) is 10.8 Å². The third kappa shape index (κ3) is 2.57. The van der Waals surface area contributed by atoms with Crippen LogP contribution in [-0.2, 0) is 13.0 Å². The van der Waals surface area contributed by atoms with E-state index in [-0.39, 0.29) is 0 Å². The number of hydrogen-bond acceptors (Lipinski definition) is 4. The number of benzene rings is 2. The molecule has 0 spiro atoms. The summed E-state index contributed by atoms with van der Waals surface area (Å²) in [7, 11) is 0. The minimum Gasteiger partial charge on any atom is -0.376 e. The standard InChI is InChI=1S/C15H15N3O/c1-2-14-17-15(19-18-14)10-16-13-8-7-11-5-3-4-6-12(11)9-13/h3-9,16H,2,10H2,1H3. The summed E-state index contributed by atoms with van der Waals surface area (Å²) < 4.78 is 5.14. The second kappa shape index (κ2) is 5.10. The van der Waals surface area contributed by atoms with E-state index in [2.05, 4.69) is 45.8 Å². The van der Waals surface area contributed by atoms with Gasteiger partial charge < -0.3 is 9.84 Å². The van der Waals surface area contributed by atoms with Gasteiger partial charge in [0.05, 0.1) is 6.54 Å². The van der Waals surface area contributed by atoms with Crippen molar-refractivity contribution in [3.63, 3.8) is 0 Å². The molecule has 0 amide bonds. The van der Waals surface area contributed by atoms with E-state index in [4.69, 9.17) is 4.52 Å². The molecule has 1 aromatic heterocycles. The fraction of sp³-hybridized carbons (Fsp3) is 0.200. The van der Waals surface area contributed by atoms with Crippen molar-refractivity contribution in [2.24, 2.45) is 0 Å². The van der Waals surface area contributed by atoms with Gasteiger partial charge in [0.15, 0.2) is 5.82 Å². The lowest BCUT2D eigenvalue weighted by Crippen LogP contribution is -1.99. The smallest absolute Gasteiger partial charge is 0.245 e. The van der Waals surface area contributed by atoms with E-state index in [1.807, 2.05) is 19.1 Å². The molecular weight excluding hydrogens is 238 g/mol. The normalized spacial score (nSPS) is 10.8. The van der Waals surface area contributed by atoms with Gasteiger partial charge in [0.25, 0.3) is 0 Å². The summed E-state index contributed by atoms with van der Waals surface area (Å²) in [5.74, 6) is 1.36. The molecule has 3 aromatic rings. The van der Waals surface area contributed by atoms with Gasteiger partial charge in [0.1, 0.15) is 0 Å². The lowest BCUT2D eigenvalue weighted by molar-refractivity contribution is 0.378. The van der Waals surface area contributed by atoms with E-state index in [0.29, 0.717) is 12.4 Å². The highest BCUT2D eigenvalue weighted by Gasteiger charge is 2.04. The van der Waals surface area contributed by atoms with Crippen molar-refractivity contribution in [2.75, 3.05) is 5.32 Å². The first-order valence-corrected chi connectivity index (χ1v) is 6.39. The number of nitrogens with zero attached hydrogens (tertiary/aromatic N) is 2. The fourth-order valence-corrected chi connectivity index (χ4v) is 1.98. The Morgan fingerprint density at radius 3 is 2.74 bits per heavy atom. The molecule has 1 N–H and O–H groups in total. The van der Waals surface area contributed by atoms with E-state index < -0.39 is 0 Å². The van der Waals surface area contributed by atoms with Gasteiger partial charge >= 0.3 is 0 Å². The summed E-state index contributed by atoms with van der Waals surface area (Å²) in [6.07, 6.45) is 0.791. The Kier molecular flexibility index (Phi) is 3.14. The fourth-order valence-electron chi connectivity index (χ4n) is 1.98. The van der Waals surface area contributed by atoms with E-state index in [0.717, 1.165) is 17.9 Å². The molecule has 3 rings (SSSR count). The minimum atomic E-state index is 0.547. The van der Waals surface area contributed by atoms with Crippen LogP contribution >= 0.6 is 0 Å². The molecule has 1 heterocycles. The SMILES string of the molecule is CCc1noc(CNc2ccc3ccccc3c2)n1. The van der Waals surface area contributed by atoms with Crippen LogP contribution in [0.5, 0.6) is 0 Å². The summed E-state index contributed by atoms with van der Waals surface area (Å²) in [5, 5.41) is 9.62. The second-order valence-corrected chi connectivity index (χ2v) is 4.37. The van der Waals surface area contributed by atoms with Gasteiger partial charge in [-0.2, -0.15) is 4.98 Å². The van der Waals surface area contributed by atoms with Gasteiger partial charge in [-0.3, -0.25) is 0 Å². The molecule has 0 saturated heterocycles. The lowest BCUT2D eigenvalue weighted by Gasteiger charge is -2.05. The highest BCUT2D eigenvalue weighted by Crippen LogP contribution is 2.19. The molecule has 0 aliphatic heterocycles. The maximum Gasteiger partial charge on any atom is 0.245 e. The Labute approximate surface area is 111 Å². The van der Waals surface area contributed by atoms with Crippen LogP contribution in [0, 0.1) is 0 Å². The van der Waals surface area contributed by atoms with Crippen LogP contribution in [0.4, 0.5) is 5.69 Å². The van der Waals surface area contributed by atoms with E-state index in [9.17, 15) is 0 Å². The van der Waals surface area contributed by atoms with Gasteiger partial charge in [-0.25, -0.2) is 0 Å². The maximum atomic E-state index is 5.14. The summed E-state index contributed by atoms with van der Waals surface area (Å²) in [4.78, 5) is 4.27. The predicted molar refractivity (Wildman–Crippen MR) is 75.0 cm³/mol. The molecule has 0 fully saturated rings. The summed E-state index contributed by atoms with van der Waals surface area (Å²) in [6.45, 7) is 2.55. The van der Waals surface area contributed by atoms with Gasteiger partial charge in [-0.05, 0) is 22.9 Å². The molecule has 2 aromatic carbocycles. The summed E-state index contributed by atoms with van der Waals surface area (Å²) in [6, 6.07) is 14.6. The van der Waals surface area contributed by atoms with Crippen LogP contribution in [-0.4, -0.2) is 10.1 Å². The second-order valence-electron chi connectivity index (χ2n) is 4.37. The van der Waals surface area contributed by atoms with Crippen molar-refractivity contribution in [2.45, 2.75) is 19.9 Å². The molecular formula is C15H15N3O. The number of rotatable bonds is 4. The van der Waals surface area contributed by atoms with Crippen molar-refractivity contribution < 1.29 is 4.52 Å². The molecule has 4 nitrogen and oxygen atoms in total. The number of aryl methyl sites for hydroxylation is 1. The van der Waals surface area contributed by atoms with Crippen molar-refractivity contribution >= 4 is 16.5 Å². The van der Waals surface area contributed by atoms with Crippen molar-refractivity contribution in [1.29, 1.82) is 0 Å². The Morgan fingerprint density at radius 2 is 1.95 bits per heavy atom. The molecule has 19 heavy (non-hydrogen) atoms. The topological polar surface area (TPSA) is 51.0 Å². The first-order chi connectivity index (χ1) is 9.35. The summed E-state index contributed by atoms with van der Waals surface area (Å²) in [5.41, 5.74) is 1.05. The van der Waals surface area contributed by atoms with Crippen molar-refractivity contribution in [3.05, 3.63) is 54.2 Å². The first-order valence-electron chi connectivity index (χ1n) is 6.39. The third-order valence-electron chi connectivity index (χ3n) is 3.02. The Hall–Kier alpha value is -2.36. The van der Waals surface area contributed by atoms with E-state index >= 15 is 0 Å². The molecule has 96 valence electrons. The zero-order valence-corrected chi connectivity index (χ0v) is 10.8. The van der Waals surface area contributed by atoms with Crippen molar-refractivity contribution in [3.8, 4) is 0 Å². The largest absolute Gasteiger partial charge is 0.376 e. The van der Waals surface area contributed by atoms with Gasteiger partial charge in [0, 0.05) is 12.1 Å². The number of fused-ring (bicyclic) bond motifs is 1. The van der Waals surface area contributed by atoms with Gasteiger partial charge in [0.2, 0.25) is 5.89 Å². The number of aromatic nitrogens is 2. The molecule has 0 aliphatic rings. The maximum absolute atomic E-state index is 5.14. The van der Waals surface area contributed by atoms with E-state index in [1.54, 1.807) is 0 Å². The number of hydrogen-bond donors (Lipinski definition) is 1. The van der Waals surface area contributed by atoms with Crippen LogP contribution in [0.15, 0.2) is 47.0 Å². The van der Waals surface area contributed by atoms with Crippen LogP contribution in [0.25, 0.3) is 10.8 Å². The zero-order chi connectivity index (χ0) is 13.1. The zero-order valence-electron chi connectivity index (χ0n) is 10.8. The quantitative estimate of drug-likeness (QED) is 0.774. The van der Waals surface area contributed by atoms with Crippen molar-refractivity contribution in [1.82, 2.24) is 10.1 Å². The lowest BCUT2D eigenvalue weighted by atomic mass is 10.1. The molecule has 0 radical (unpaired) electrons. The molecule has 0 atom stereocenters. The molecule has 4 heteroatoms. The average Bonchev–Trinajstić information content (AvgIpc) is 2.93. The molecule has 0 unspecified atom stereocenters. The molecule has 0 aliphatic carbocycles. The monoisotopic (exact) mass is 253 g/mol. The summed E-state index contributed by atoms with van der Waals surface area (Å²) >= 11 is 0. The highest BCUT2D eigenvalue weighted by atomic mass is 16.5. The third-order valence-corrected chi connectivity index (χ3v) is 3.02. The Morgan fingerprint density at radius 1 is 1.11 bits per heavy atom. The van der Waals surface area contributed by atoms with Crippen LogP contribution < -0.4 is 5.32 Å². The molecule has 0 bridgehead atoms. The van der Waals surface area contributed by atoms with Crippen LogP contribution in [0.1, 0.15) is 18.6 Å². The highest BCUT2D eigenvalue weighted by molar-refractivity contribution is 5.85.